The fourth-order valence-electron chi connectivity index (χ4n) is 2.81. The molecule has 1 N–H and O–H groups in total. The highest BCUT2D eigenvalue weighted by molar-refractivity contribution is 5.91. The van der Waals surface area contributed by atoms with Crippen LogP contribution in [0.2, 0.25) is 0 Å². The molecular formula is C14H25NO5. The molecule has 0 aromatic rings. The summed E-state index contributed by atoms with van der Waals surface area (Å²) in [5.41, 5.74) is -0.485. The van der Waals surface area contributed by atoms with Crippen molar-refractivity contribution in [2.24, 2.45) is 17.3 Å². The molecule has 20 heavy (non-hydrogen) atoms. The summed E-state index contributed by atoms with van der Waals surface area (Å²) in [6.45, 7) is 6.82. The van der Waals surface area contributed by atoms with Gasteiger partial charge in [0.25, 0.3) is 0 Å². The maximum Gasteiger partial charge on any atom is 0.307 e. The number of carboxylic acid groups (broad SMARTS) is 1. The molecule has 3 atom stereocenters. The summed E-state index contributed by atoms with van der Waals surface area (Å²) in [6.07, 6.45) is 0. The largest absolute Gasteiger partial charge is 0.481 e. The lowest BCUT2D eigenvalue weighted by molar-refractivity contribution is -0.143. The van der Waals surface area contributed by atoms with Gasteiger partial charge in [-0.3, -0.25) is 9.59 Å². The third-order valence-corrected chi connectivity index (χ3v) is 4.12. The average molecular weight is 287 g/mol. The number of methoxy groups -OCH3 is 2. The minimum Gasteiger partial charge on any atom is -0.481 e. The second kappa shape index (κ2) is 6.54. The van der Waals surface area contributed by atoms with E-state index in [0.717, 1.165) is 0 Å². The van der Waals surface area contributed by atoms with E-state index in [-0.39, 0.29) is 11.9 Å². The van der Waals surface area contributed by atoms with E-state index < -0.39 is 23.2 Å². The van der Waals surface area contributed by atoms with Gasteiger partial charge in [0.05, 0.1) is 31.1 Å². The summed E-state index contributed by atoms with van der Waals surface area (Å²) < 4.78 is 10.1. The van der Waals surface area contributed by atoms with Crippen molar-refractivity contribution in [3.05, 3.63) is 0 Å². The van der Waals surface area contributed by atoms with Crippen LogP contribution in [0.4, 0.5) is 0 Å². The number of amides is 1. The Morgan fingerprint density at radius 2 is 1.85 bits per heavy atom. The van der Waals surface area contributed by atoms with E-state index in [9.17, 15) is 14.7 Å². The summed E-state index contributed by atoms with van der Waals surface area (Å²) in [4.78, 5) is 25.5. The Morgan fingerprint density at radius 1 is 1.25 bits per heavy atom. The molecule has 0 radical (unpaired) electrons. The number of carboxylic acids is 1. The summed E-state index contributed by atoms with van der Waals surface area (Å²) in [5, 5.41) is 9.19. The predicted molar refractivity (Wildman–Crippen MR) is 73.3 cm³/mol. The molecule has 0 aromatic carbocycles. The Bertz CT molecular complexity index is 369. The van der Waals surface area contributed by atoms with Gasteiger partial charge in [-0.1, -0.05) is 13.8 Å². The summed E-state index contributed by atoms with van der Waals surface area (Å²) in [6, 6.07) is -0.103. The van der Waals surface area contributed by atoms with E-state index in [1.807, 2.05) is 20.8 Å². The monoisotopic (exact) mass is 287 g/mol. The number of hydrogen-bond acceptors (Lipinski definition) is 4. The molecule has 0 heterocycles. The molecule has 116 valence electrons. The van der Waals surface area contributed by atoms with E-state index >= 15 is 0 Å². The lowest BCUT2D eigenvalue weighted by atomic mass is 10.1. The highest BCUT2D eigenvalue weighted by Crippen LogP contribution is 2.59. The smallest absolute Gasteiger partial charge is 0.307 e. The van der Waals surface area contributed by atoms with Crippen molar-refractivity contribution in [2.45, 2.75) is 26.8 Å². The molecule has 1 saturated carbocycles. The van der Waals surface area contributed by atoms with Crippen LogP contribution in [0, 0.1) is 17.3 Å². The van der Waals surface area contributed by atoms with Gasteiger partial charge in [-0.05, 0) is 12.3 Å². The lowest BCUT2D eigenvalue weighted by Crippen LogP contribution is -2.44. The van der Waals surface area contributed by atoms with Crippen molar-refractivity contribution in [1.29, 1.82) is 0 Å². The number of aliphatic carboxylic acids is 1. The molecule has 1 fully saturated rings. The van der Waals surface area contributed by atoms with Crippen LogP contribution >= 0.6 is 0 Å². The second-order valence-corrected chi connectivity index (χ2v) is 5.94. The van der Waals surface area contributed by atoms with Crippen LogP contribution in [-0.2, 0) is 19.1 Å². The minimum absolute atomic E-state index is 0.103. The van der Waals surface area contributed by atoms with Gasteiger partial charge in [-0.2, -0.15) is 0 Å². The number of nitrogens with zero attached hydrogens (tertiary/aromatic N) is 1. The highest BCUT2D eigenvalue weighted by atomic mass is 16.5. The molecule has 6 heteroatoms. The van der Waals surface area contributed by atoms with Crippen LogP contribution in [0.1, 0.15) is 20.8 Å². The van der Waals surface area contributed by atoms with E-state index in [1.54, 1.807) is 19.1 Å². The summed E-state index contributed by atoms with van der Waals surface area (Å²) >= 11 is 0. The van der Waals surface area contributed by atoms with E-state index in [4.69, 9.17) is 9.47 Å². The highest BCUT2D eigenvalue weighted by Gasteiger charge is 2.66. The van der Waals surface area contributed by atoms with Crippen molar-refractivity contribution >= 4 is 11.9 Å². The first-order valence-corrected chi connectivity index (χ1v) is 6.80. The fourth-order valence-corrected chi connectivity index (χ4v) is 2.81. The Hall–Kier alpha value is -1.14. The molecule has 0 aromatic heterocycles. The van der Waals surface area contributed by atoms with Gasteiger partial charge in [0.1, 0.15) is 0 Å². The Labute approximate surface area is 120 Å². The molecular weight excluding hydrogens is 262 g/mol. The van der Waals surface area contributed by atoms with E-state index in [1.165, 1.54) is 0 Å². The van der Waals surface area contributed by atoms with Crippen LogP contribution in [0.15, 0.2) is 0 Å². The van der Waals surface area contributed by atoms with E-state index in [0.29, 0.717) is 19.8 Å². The van der Waals surface area contributed by atoms with Crippen molar-refractivity contribution in [3.63, 3.8) is 0 Å². The maximum atomic E-state index is 12.6. The molecule has 0 aliphatic heterocycles. The number of rotatable bonds is 8. The zero-order valence-corrected chi connectivity index (χ0v) is 12.9. The quantitative estimate of drug-likeness (QED) is 0.716. The SMILES string of the molecule is COCCN(C(=O)[C@H]1[C@@H](C(=O)O)C1(C)C)C(C)COC. The third kappa shape index (κ3) is 3.30. The van der Waals surface area contributed by atoms with Gasteiger partial charge in [0, 0.05) is 20.8 Å². The molecule has 0 saturated heterocycles. The predicted octanol–water partition coefficient (Wildman–Crippen LogP) is 0.853. The van der Waals surface area contributed by atoms with Gasteiger partial charge in [0.15, 0.2) is 0 Å². The van der Waals surface area contributed by atoms with Gasteiger partial charge < -0.3 is 19.5 Å². The van der Waals surface area contributed by atoms with Crippen LogP contribution in [-0.4, -0.2) is 61.9 Å². The third-order valence-electron chi connectivity index (χ3n) is 4.12. The van der Waals surface area contributed by atoms with Crippen molar-refractivity contribution in [1.82, 2.24) is 4.90 Å². The van der Waals surface area contributed by atoms with Crippen LogP contribution in [0.3, 0.4) is 0 Å². The maximum absolute atomic E-state index is 12.6. The van der Waals surface area contributed by atoms with Gasteiger partial charge >= 0.3 is 5.97 Å². The zero-order valence-electron chi connectivity index (χ0n) is 12.9. The van der Waals surface area contributed by atoms with Gasteiger partial charge in [0.2, 0.25) is 5.91 Å². The number of carbonyl (C=O) groups is 2. The average Bonchev–Trinajstić information content (AvgIpc) is 2.93. The van der Waals surface area contributed by atoms with Crippen molar-refractivity contribution in [2.75, 3.05) is 34.0 Å². The molecule has 0 bridgehead atoms. The van der Waals surface area contributed by atoms with Crippen LogP contribution < -0.4 is 0 Å². The Kier molecular flexibility index (Phi) is 5.53. The summed E-state index contributed by atoms with van der Waals surface area (Å²) in [5.74, 6) is -2.09. The first-order chi connectivity index (χ1) is 9.28. The molecule has 1 unspecified atom stereocenters. The molecule has 6 nitrogen and oxygen atoms in total. The number of ether oxygens (including phenoxy) is 2. The first-order valence-electron chi connectivity index (χ1n) is 6.80. The minimum atomic E-state index is -0.903. The number of hydrogen-bond donors (Lipinski definition) is 1. The fraction of sp³-hybridized carbons (Fsp3) is 0.857. The second-order valence-electron chi connectivity index (χ2n) is 5.94. The van der Waals surface area contributed by atoms with Gasteiger partial charge in [-0.15, -0.1) is 0 Å². The summed E-state index contributed by atoms with van der Waals surface area (Å²) in [7, 11) is 3.15. The van der Waals surface area contributed by atoms with Crippen LogP contribution in [0.5, 0.6) is 0 Å². The topological polar surface area (TPSA) is 76.1 Å². The Morgan fingerprint density at radius 3 is 2.25 bits per heavy atom. The van der Waals surface area contributed by atoms with Gasteiger partial charge in [-0.25, -0.2) is 0 Å². The molecule has 1 aliphatic carbocycles. The molecule has 1 amide bonds. The van der Waals surface area contributed by atoms with Crippen LogP contribution in [0.25, 0.3) is 0 Å². The van der Waals surface area contributed by atoms with Crippen molar-refractivity contribution in [3.8, 4) is 0 Å². The van der Waals surface area contributed by atoms with Crippen molar-refractivity contribution < 1.29 is 24.2 Å². The molecule has 1 aliphatic rings. The lowest BCUT2D eigenvalue weighted by Gasteiger charge is -2.29. The first kappa shape index (κ1) is 16.9. The Balaban J connectivity index is 2.81. The molecule has 0 spiro atoms. The zero-order chi connectivity index (χ0) is 15.5. The van der Waals surface area contributed by atoms with E-state index in [2.05, 4.69) is 0 Å². The normalized spacial score (nSPS) is 25.1. The number of carbonyl (C=O) groups excluding carboxylic acids is 1. The molecule has 1 rings (SSSR count). The standard InChI is InChI=1S/C14H25NO5/c1-9(8-20-5)15(6-7-19-4)12(16)10-11(13(17)18)14(10,2)3/h9-11H,6-8H2,1-5H3,(H,17,18)/t9?,10-,11+/m1/s1.